The molecule has 1 N–H and O–H groups in total. The smallest absolute Gasteiger partial charge is 0.340 e. The highest BCUT2D eigenvalue weighted by molar-refractivity contribution is 7.98. The standard InChI is InChI=1S/C17H15Cl2NO3S/c1-10-3-6-15(14(19)7-10)20-16(21)9-23-17(22)12-8-11(24-2)4-5-13(12)18/h3-8H,9H2,1-2H3,(H,20,21). The van der Waals surface area contributed by atoms with E-state index < -0.39 is 18.5 Å². The monoisotopic (exact) mass is 383 g/mol. The molecule has 0 aliphatic rings. The van der Waals surface area contributed by atoms with Crippen molar-refractivity contribution in [3.8, 4) is 0 Å². The minimum absolute atomic E-state index is 0.227. The fourth-order valence-electron chi connectivity index (χ4n) is 1.90. The van der Waals surface area contributed by atoms with Gasteiger partial charge in [-0.05, 0) is 49.1 Å². The Hall–Kier alpha value is -1.69. The summed E-state index contributed by atoms with van der Waals surface area (Å²) in [6.45, 7) is 1.47. The number of aryl methyl sites for hydroxylation is 1. The van der Waals surface area contributed by atoms with E-state index in [1.807, 2.05) is 19.2 Å². The molecule has 2 rings (SSSR count). The minimum atomic E-state index is -0.652. The third-order valence-corrected chi connectivity index (χ3v) is 4.49. The molecule has 0 radical (unpaired) electrons. The molecule has 24 heavy (non-hydrogen) atoms. The summed E-state index contributed by atoms with van der Waals surface area (Å²) in [5, 5.41) is 3.30. The molecule has 0 saturated heterocycles. The van der Waals surface area contributed by atoms with Crippen molar-refractivity contribution in [3.63, 3.8) is 0 Å². The van der Waals surface area contributed by atoms with Crippen LogP contribution in [0.2, 0.25) is 10.0 Å². The molecule has 2 aromatic carbocycles. The number of benzene rings is 2. The van der Waals surface area contributed by atoms with Gasteiger partial charge in [0.1, 0.15) is 0 Å². The molecule has 7 heteroatoms. The maximum absolute atomic E-state index is 12.1. The lowest BCUT2D eigenvalue weighted by atomic mass is 10.2. The number of hydrogen-bond donors (Lipinski definition) is 1. The van der Waals surface area contributed by atoms with E-state index in [-0.39, 0.29) is 10.6 Å². The van der Waals surface area contributed by atoms with Crippen LogP contribution in [0.3, 0.4) is 0 Å². The predicted octanol–water partition coefficient (Wildman–Crippen LogP) is 4.82. The van der Waals surface area contributed by atoms with Crippen LogP contribution in [0.1, 0.15) is 15.9 Å². The second kappa shape index (κ2) is 8.42. The summed E-state index contributed by atoms with van der Waals surface area (Å²) in [6.07, 6.45) is 1.89. The van der Waals surface area contributed by atoms with E-state index in [4.69, 9.17) is 27.9 Å². The van der Waals surface area contributed by atoms with E-state index in [1.165, 1.54) is 11.8 Å². The molecular weight excluding hydrogens is 369 g/mol. The van der Waals surface area contributed by atoms with E-state index in [1.54, 1.807) is 30.3 Å². The van der Waals surface area contributed by atoms with Gasteiger partial charge in [0.05, 0.1) is 21.3 Å². The van der Waals surface area contributed by atoms with Gasteiger partial charge in [-0.15, -0.1) is 11.8 Å². The van der Waals surface area contributed by atoms with Gasteiger partial charge in [0.2, 0.25) is 0 Å². The third-order valence-electron chi connectivity index (χ3n) is 3.13. The Labute approximate surface area is 154 Å². The van der Waals surface area contributed by atoms with Crippen LogP contribution in [0.25, 0.3) is 0 Å². The first kappa shape index (κ1) is 18.6. The molecule has 2 aromatic rings. The highest BCUT2D eigenvalue weighted by Gasteiger charge is 2.15. The van der Waals surface area contributed by atoms with Gasteiger partial charge in [-0.25, -0.2) is 4.79 Å². The Morgan fingerprint density at radius 2 is 1.88 bits per heavy atom. The number of halogens is 2. The van der Waals surface area contributed by atoms with Crippen LogP contribution in [0.4, 0.5) is 5.69 Å². The molecule has 0 aliphatic carbocycles. The van der Waals surface area contributed by atoms with Crippen LogP contribution in [0, 0.1) is 6.92 Å². The molecule has 0 aliphatic heterocycles. The zero-order valence-corrected chi connectivity index (χ0v) is 15.4. The van der Waals surface area contributed by atoms with Gasteiger partial charge in [0.25, 0.3) is 5.91 Å². The fraction of sp³-hybridized carbons (Fsp3) is 0.176. The number of carbonyl (C=O) groups excluding carboxylic acids is 2. The molecule has 0 bridgehead atoms. The van der Waals surface area contributed by atoms with Crippen LogP contribution >= 0.6 is 35.0 Å². The first-order valence-electron chi connectivity index (χ1n) is 6.97. The molecule has 0 aromatic heterocycles. The summed E-state index contributed by atoms with van der Waals surface area (Å²) in [6, 6.07) is 10.3. The van der Waals surface area contributed by atoms with E-state index in [0.717, 1.165) is 10.5 Å². The Morgan fingerprint density at radius 1 is 1.12 bits per heavy atom. The predicted molar refractivity (Wildman–Crippen MR) is 98.3 cm³/mol. The zero-order valence-electron chi connectivity index (χ0n) is 13.1. The molecule has 0 atom stereocenters. The topological polar surface area (TPSA) is 55.4 Å². The lowest BCUT2D eigenvalue weighted by molar-refractivity contribution is -0.119. The fourth-order valence-corrected chi connectivity index (χ4v) is 2.82. The lowest BCUT2D eigenvalue weighted by Gasteiger charge is -2.09. The van der Waals surface area contributed by atoms with Gasteiger partial charge in [0.15, 0.2) is 6.61 Å². The van der Waals surface area contributed by atoms with Crippen molar-refractivity contribution in [1.82, 2.24) is 0 Å². The van der Waals surface area contributed by atoms with Crippen LogP contribution in [0.15, 0.2) is 41.3 Å². The van der Waals surface area contributed by atoms with Gasteiger partial charge < -0.3 is 10.1 Å². The average Bonchev–Trinajstić information content (AvgIpc) is 2.55. The highest BCUT2D eigenvalue weighted by atomic mass is 35.5. The van der Waals surface area contributed by atoms with Gasteiger partial charge in [-0.2, -0.15) is 0 Å². The van der Waals surface area contributed by atoms with Crippen molar-refractivity contribution in [2.45, 2.75) is 11.8 Å². The van der Waals surface area contributed by atoms with Crippen molar-refractivity contribution >= 4 is 52.5 Å². The molecule has 0 saturated carbocycles. The summed E-state index contributed by atoms with van der Waals surface area (Å²) in [5.41, 5.74) is 1.67. The quantitative estimate of drug-likeness (QED) is 0.593. The van der Waals surface area contributed by atoms with Crippen LogP contribution in [0.5, 0.6) is 0 Å². The van der Waals surface area contributed by atoms with Crippen LogP contribution in [-0.2, 0) is 9.53 Å². The number of nitrogens with one attached hydrogen (secondary N) is 1. The summed E-state index contributed by atoms with van der Waals surface area (Å²) >= 11 is 13.5. The molecule has 1 amide bonds. The Kier molecular flexibility index (Phi) is 6.54. The summed E-state index contributed by atoms with van der Waals surface area (Å²) < 4.78 is 5.02. The van der Waals surface area contributed by atoms with Gasteiger partial charge >= 0.3 is 5.97 Å². The number of thioether (sulfide) groups is 1. The normalized spacial score (nSPS) is 10.3. The Balaban J connectivity index is 1.97. The number of anilines is 1. The van der Waals surface area contributed by atoms with E-state index in [2.05, 4.69) is 5.32 Å². The molecule has 126 valence electrons. The van der Waals surface area contributed by atoms with Crippen molar-refractivity contribution in [3.05, 3.63) is 57.6 Å². The number of carbonyl (C=O) groups is 2. The second-order valence-corrected chi connectivity index (χ2v) is 6.65. The summed E-state index contributed by atoms with van der Waals surface area (Å²) in [4.78, 5) is 24.9. The SMILES string of the molecule is CSc1ccc(Cl)c(C(=O)OCC(=O)Nc2ccc(C)cc2Cl)c1. The van der Waals surface area contributed by atoms with Crippen molar-refractivity contribution < 1.29 is 14.3 Å². The van der Waals surface area contributed by atoms with Gasteiger partial charge in [-0.1, -0.05) is 29.3 Å². The van der Waals surface area contributed by atoms with E-state index in [0.29, 0.717) is 10.7 Å². The number of esters is 1. The lowest BCUT2D eigenvalue weighted by Crippen LogP contribution is -2.21. The molecule has 4 nitrogen and oxygen atoms in total. The second-order valence-electron chi connectivity index (χ2n) is 4.95. The van der Waals surface area contributed by atoms with Crippen LogP contribution < -0.4 is 5.32 Å². The average molecular weight is 384 g/mol. The van der Waals surface area contributed by atoms with Crippen molar-refractivity contribution in [2.75, 3.05) is 18.2 Å². The Morgan fingerprint density at radius 3 is 2.54 bits per heavy atom. The van der Waals surface area contributed by atoms with E-state index in [9.17, 15) is 9.59 Å². The largest absolute Gasteiger partial charge is 0.452 e. The number of ether oxygens (including phenoxy) is 1. The van der Waals surface area contributed by atoms with Crippen LogP contribution in [-0.4, -0.2) is 24.7 Å². The zero-order chi connectivity index (χ0) is 17.7. The third kappa shape index (κ3) is 4.90. The molecular formula is C17H15Cl2NO3S. The van der Waals surface area contributed by atoms with Gasteiger partial charge in [-0.3, -0.25) is 4.79 Å². The number of amides is 1. The number of hydrogen-bond acceptors (Lipinski definition) is 4. The van der Waals surface area contributed by atoms with Crippen molar-refractivity contribution in [2.24, 2.45) is 0 Å². The molecule has 0 fully saturated rings. The molecule has 0 spiro atoms. The maximum atomic E-state index is 12.1. The maximum Gasteiger partial charge on any atom is 0.340 e. The summed E-state index contributed by atoms with van der Waals surface area (Å²) in [5.74, 6) is -1.13. The minimum Gasteiger partial charge on any atom is -0.452 e. The summed E-state index contributed by atoms with van der Waals surface area (Å²) in [7, 11) is 0. The first-order valence-corrected chi connectivity index (χ1v) is 8.95. The number of rotatable bonds is 5. The highest BCUT2D eigenvalue weighted by Crippen LogP contribution is 2.24. The van der Waals surface area contributed by atoms with E-state index >= 15 is 0 Å². The van der Waals surface area contributed by atoms with Crippen molar-refractivity contribution in [1.29, 1.82) is 0 Å². The molecule has 0 heterocycles. The van der Waals surface area contributed by atoms with Gasteiger partial charge in [0, 0.05) is 4.90 Å². The molecule has 0 unspecified atom stereocenters. The first-order chi connectivity index (χ1) is 11.4. The Bertz CT molecular complexity index is 780.